The summed E-state index contributed by atoms with van der Waals surface area (Å²) in [7, 11) is 1.37. The molecule has 0 saturated heterocycles. The third-order valence-corrected chi connectivity index (χ3v) is 2.62. The molecule has 0 bridgehead atoms. The van der Waals surface area contributed by atoms with Gasteiger partial charge in [-0.15, -0.1) is 0 Å². The third kappa shape index (κ3) is 6.19. The molecule has 1 aromatic carbocycles. The van der Waals surface area contributed by atoms with E-state index in [1.165, 1.54) is 7.11 Å². The minimum atomic E-state index is -0.236. The summed E-state index contributed by atoms with van der Waals surface area (Å²) < 4.78 is 10.0. The van der Waals surface area contributed by atoms with Crippen molar-refractivity contribution in [2.45, 2.75) is 19.4 Å². The highest BCUT2D eigenvalue weighted by Crippen LogP contribution is 2.12. The Bertz CT molecular complexity index is 431. The van der Waals surface area contributed by atoms with Crippen LogP contribution in [0.3, 0.4) is 0 Å². The topological polar surface area (TPSA) is 90.6 Å². The number of carbonyl (C=O) groups excluding carboxylic acids is 2. The van der Waals surface area contributed by atoms with Crippen molar-refractivity contribution >= 4 is 11.9 Å². The van der Waals surface area contributed by atoms with Crippen LogP contribution in [0.1, 0.15) is 18.4 Å². The van der Waals surface area contributed by atoms with Crippen LogP contribution in [0, 0.1) is 0 Å². The largest absolute Gasteiger partial charge is 0.494 e. The molecule has 0 atom stereocenters. The van der Waals surface area contributed by atoms with Crippen LogP contribution >= 0.6 is 0 Å². The Balaban J connectivity index is 2.28. The highest BCUT2D eigenvalue weighted by molar-refractivity contribution is 5.77. The Hall–Kier alpha value is -2.08. The van der Waals surface area contributed by atoms with Crippen LogP contribution < -0.4 is 15.8 Å². The number of ether oxygens (including phenoxy) is 2. The van der Waals surface area contributed by atoms with Crippen LogP contribution in [0.25, 0.3) is 0 Å². The summed E-state index contributed by atoms with van der Waals surface area (Å²) in [6.45, 7) is 0.887. The fraction of sp³-hybridized carbons (Fsp3) is 0.429. The lowest BCUT2D eigenvalue weighted by Gasteiger charge is -2.07. The standard InChI is InChI=1S/C14H20N2O4/c1-19-14(18)3-2-8-20-12-6-4-11(5-7-12)10-16-13(17)9-15/h4-7H,2-3,8-10,15H2,1H3,(H,16,17). The molecule has 1 rings (SSSR count). The number of amides is 1. The Morgan fingerprint density at radius 2 is 1.95 bits per heavy atom. The van der Waals surface area contributed by atoms with E-state index in [9.17, 15) is 9.59 Å². The van der Waals surface area contributed by atoms with Crippen molar-refractivity contribution in [2.24, 2.45) is 5.73 Å². The lowest BCUT2D eigenvalue weighted by Crippen LogP contribution is -2.29. The van der Waals surface area contributed by atoms with Crippen molar-refractivity contribution in [1.82, 2.24) is 5.32 Å². The van der Waals surface area contributed by atoms with Gasteiger partial charge in [0.1, 0.15) is 5.75 Å². The SMILES string of the molecule is COC(=O)CCCOc1ccc(CNC(=O)CN)cc1. The average molecular weight is 280 g/mol. The lowest BCUT2D eigenvalue weighted by atomic mass is 10.2. The predicted octanol–water partition coefficient (Wildman–Crippen LogP) is 0.593. The smallest absolute Gasteiger partial charge is 0.305 e. The highest BCUT2D eigenvalue weighted by atomic mass is 16.5. The van der Waals surface area contributed by atoms with Crippen LogP contribution in [-0.4, -0.2) is 32.1 Å². The zero-order valence-corrected chi connectivity index (χ0v) is 11.6. The van der Waals surface area contributed by atoms with Crippen LogP contribution in [0.5, 0.6) is 5.75 Å². The van der Waals surface area contributed by atoms with E-state index in [2.05, 4.69) is 10.1 Å². The highest BCUT2D eigenvalue weighted by Gasteiger charge is 2.01. The van der Waals surface area contributed by atoms with E-state index in [0.29, 0.717) is 26.0 Å². The number of nitrogens with two attached hydrogens (primary N) is 1. The molecule has 0 saturated carbocycles. The molecule has 0 spiro atoms. The van der Waals surface area contributed by atoms with Crippen LogP contribution in [-0.2, 0) is 20.9 Å². The van der Waals surface area contributed by atoms with Crippen molar-refractivity contribution in [2.75, 3.05) is 20.3 Å². The van der Waals surface area contributed by atoms with Crippen LogP contribution in [0.4, 0.5) is 0 Å². The van der Waals surface area contributed by atoms with E-state index in [-0.39, 0.29) is 18.4 Å². The molecule has 20 heavy (non-hydrogen) atoms. The van der Waals surface area contributed by atoms with E-state index < -0.39 is 0 Å². The number of benzene rings is 1. The summed E-state index contributed by atoms with van der Waals surface area (Å²) in [6, 6.07) is 7.38. The van der Waals surface area contributed by atoms with Crippen molar-refractivity contribution in [3.8, 4) is 5.75 Å². The van der Waals surface area contributed by atoms with Gasteiger partial charge in [-0.3, -0.25) is 9.59 Å². The zero-order chi connectivity index (χ0) is 14.8. The second kappa shape index (κ2) is 8.92. The van der Waals surface area contributed by atoms with Gasteiger partial charge in [-0.2, -0.15) is 0 Å². The molecular formula is C14H20N2O4. The monoisotopic (exact) mass is 280 g/mol. The average Bonchev–Trinajstić information content (AvgIpc) is 2.49. The van der Waals surface area contributed by atoms with Gasteiger partial charge in [0, 0.05) is 13.0 Å². The van der Waals surface area contributed by atoms with Crippen LogP contribution in [0.15, 0.2) is 24.3 Å². The number of carbonyl (C=O) groups is 2. The maximum Gasteiger partial charge on any atom is 0.305 e. The van der Waals surface area contributed by atoms with E-state index in [1.54, 1.807) is 0 Å². The van der Waals surface area contributed by atoms with Gasteiger partial charge < -0.3 is 20.5 Å². The molecule has 110 valence electrons. The third-order valence-electron chi connectivity index (χ3n) is 2.62. The molecule has 0 radical (unpaired) electrons. The fourth-order valence-electron chi connectivity index (χ4n) is 1.48. The second-order valence-corrected chi connectivity index (χ2v) is 4.15. The summed E-state index contributed by atoms with van der Waals surface area (Å²) in [5, 5.41) is 2.68. The molecule has 0 aliphatic rings. The molecule has 1 aromatic rings. The van der Waals surface area contributed by atoms with Gasteiger partial charge in [0.05, 0.1) is 20.3 Å². The first-order valence-corrected chi connectivity index (χ1v) is 6.41. The Morgan fingerprint density at radius 3 is 2.55 bits per heavy atom. The fourth-order valence-corrected chi connectivity index (χ4v) is 1.48. The summed E-state index contributed by atoms with van der Waals surface area (Å²) in [5.41, 5.74) is 6.16. The van der Waals surface area contributed by atoms with E-state index in [0.717, 1.165) is 11.3 Å². The maximum atomic E-state index is 11.0. The molecule has 0 fully saturated rings. The summed E-state index contributed by atoms with van der Waals surface area (Å²) in [6.07, 6.45) is 0.959. The molecule has 6 nitrogen and oxygen atoms in total. The number of hydrogen-bond acceptors (Lipinski definition) is 5. The summed E-state index contributed by atoms with van der Waals surface area (Å²) in [4.78, 5) is 21.9. The van der Waals surface area contributed by atoms with Gasteiger partial charge in [-0.1, -0.05) is 12.1 Å². The van der Waals surface area contributed by atoms with Gasteiger partial charge in [0.2, 0.25) is 5.91 Å². The van der Waals surface area contributed by atoms with E-state index in [4.69, 9.17) is 10.5 Å². The molecule has 0 aliphatic carbocycles. The Kier molecular flexibility index (Phi) is 7.13. The Labute approximate surface area is 118 Å². The molecule has 1 amide bonds. The normalized spacial score (nSPS) is 9.90. The number of esters is 1. The van der Waals surface area contributed by atoms with Gasteiger partial charge in [-0.05, 0) is 24.1 Å². The van der Waals surface area contributed by atoms with Crippen LogP contribution in [0.2, 0.25) is 0 Å². The summed E-state index contributed by atoms with van der Waals surface area (Å²) >= 11 is 0. The zero-order valence-electron chi connectivity index (χ0n) is 11.6. The van der Waals surface area contributed by atoms with Gasteiger partial charge >= 0.3 is 5.97 Å². The van der Waals surface area contributed by atoms with Crippen molar-refractivity contribution in [3.63, 3.8) is 0 Å². The summed E-state index contributed by atoms with van der Waals surface area (Å²) in [5.74, 6) is 0.302. The molecule has 0 unspecified atom stereocenters. The quantitative estimate of drug-likeness (QED) is 0.537. The molecular weight excluding hydrogens is 260 g/mol. The second-order valence-electron chi connectivity index (χ2n) is 4.15. The van der Waals surface area contributed by atoms with Crippen molar-refractivity contribution in [1.29, 1.82) is 0 Å². The van der Waals surface area contributed by atoms with Crippen molar-refractivity contribution < 1.29 is 19.1 Å². The van der Waals surface area contributed by atoms with E-state index >= 15 is 0 Å². The lowest BCUT2D eigenvalue weighted by molar-refractivity contribution is -0.140. The minimum absolute atomic E-state index is 0.0125. The molecule has 6 heteroatoms. The number of hydrogen-bond donors (Lipinski definition) is 2. The molecule has 0 heterocycles. The number of nitrogens with one attached hydrogen (secondary N) is 1. The first-order valence-electron chi connectivity index (χ1n) is 6.41. The van der Waals surface area contributed by atoms with Gasteiger partial charge in [0.15, 0.2) is 0 Å². The maximum absolute atomic E-state index is 11.0. The predicted molar refractivity (Wildman–Crippen MR) is 74.1 cm³/mol. The molecule has 0 aliphatic heterocycles. The molecule has 0 aromatic heterocycles. The number of rotatable bonds is 8. The van der Waals surface area contributed by atoms with Crippen molar-refractivity contribution in [3.05, 3.63) is 29.8 Å². The number of methoxy groups -OCH3 is 1. The Morgan fingerprint density at radius 1 is 1.25 bits per heavy atom. The first-order chi connectivity index (χ1) is 9.65. The van der Waals surface area contributed by atoms with E-state index in [1.807, 2.05) is 24.3 Å². The first kappa shape index (κ1) is 16.0. The minimum Gasteiger partial charge on any atom is -0.494 e. The molecule has 3 N–H and O–H groups in total. The van der Waals surface area contributed by atoms with Gasteiger partial charge in [-0.25, -0.2) is 0 Å². The van der Waals surface area contributed by atoms with Gasteiger partial charge in [0.25, 0.3) is 0 Å².